The molecule has 0 aromatic heterocycles. The number of hydrogen-bond donors (Lipinski definition) is 0. The van der Waals surface area contributed by atoms with E-state index in [4.69, 9.17) is 8.83 Å². The largest absolute Gasteiger partial charge is 0.453 e. The molecule has 31 heavy (non-hydrogen) atoms. The quantitative estimate of drug-likeness (QED) is 0.351. The van der Waals surface area contributed by atoms with Crippen LogP contribution >= 0.6 is 0 Å². The van der Waals surface area contributed by atoms with Crippen molar-refractivity contribution in [2.24, 2.45) is 0 Å². The monoisotopic (exact) mass is 412 g/mol. The molecular formula is C24H16N2O5. The lowest BCUT2D eigenvalue weighted by Gasteiger charge is -2.04. The molecular weight excluding hydrogens is 396 g/mol. The van der Waals surface area contributed by atoms with Gasteiger partial charge in [-0.2, -0.15) is 0 Å². The van der Waals surface area contributed by atoms with Crippen LogP contribution in [0.5, 0.6) is 0 Å². The Morgan fingerprint density at radius 1 is 0.548 bits per heavy atom. The summed E-state index contributed by atoms with van der Waals surface area (Å²) in [5.74, 6) is 1.06. The van der Waals surface area contributed by atoms with Crippen LogP contribution in [0.2, 0.25) is 0 Å². The predicted molar refractivity (Wildman–Crippen MR) is 117 cm³/mol. The highest BCUT2D eigenvalue weighted by atomic mass is 16.3. The summed E-state index contributed by atoms with van der Waals surface area (Å²) < 4.78 is 11.1. The summed E-state index contributed by atoms with van der Waals surface area (Å²) in [7, 11) is 0. The van der Waals surface area contributed by atoms with Crippen molar-refractivity contribution in [2.45, 2.75) is 0 Å². The van der Waals surface area contributed by atoms with E-state index in [0.717, 1.165) is 11.0 Å². The Bertz CT molecular complexity index is 1440. The second kappa shape index (κ2) is 8.17. The summed E-state index contributed by atoms with van der Waals surface area (Å²) in [6.45, 7) is 0. The third-order valence-electron chi connectivity index (χ3n) is 4.51. The summed E-state index contributed by atoms with van der Waals surface area (Å²) in [5, 5.41) is 0. The molecule has 0 amide bonds. The van der Waals surface area contributed by atoms with E-state index < -0.39 is 0 Å². The fraction of sp³-hybridized carbons (Fsp3) is 0. The predicted octanol–water partition coefficient (Wildman–Crippen LogP) is 3.76. The Hall–Kier alpha value is -4.36. The lowest BCUT2D eigenvalue weighted by Crippen LogP contribution is -1.99. The highest BCUT2D eigenvalue weighted by Gasteiger charge is 2.08. The standard InChI is InChI=1S/2C12H7NO2.H2O/c2*14-8-5-6-10-12(7-8)15-11-4-2-1-3-9(11)13-10;/h2*1-7H;1H2. The van der Waals surface area contributed by atoms with Gasteiger partial charge >= 0.3 is 0 Å². The Balaban J connectivity index is 0.000000144. The average molecular weight is 412 g/mol. The van der Waals surface area contributed by atoms with Crippen LogP contribution in [0.1, 0.15) is 0 Å². The molecule has 0 unspecified atom stereocenters. The van der Waals surface area contributed by atoms with E-state index in [1.165, 1.54) is 24.3 Å². The van der Waals surface area contributed by atoms with Gasteiger partial charge in [0.15, 0.2) is 33.5 Å². The number of aromatic nitrogens is 2. The zero-order chi connectivity index (χ0) is 20.5. The van der Waals surface area contributed by atoms with Gasteiger partial charge in [0, 0.05) is 12.1 Å². The van der Waals surface area contributed by atoms with Crippen molar-refractivity contribution >= 4 is 22.2 Å². The van der Waals surface area contributed by atoms with Gasteiger partial charge in [-0.05, 0) is 48.5 Å². The minimum atomic E-state index is -0.0664. The lowest BCUT2D eigenvalue weighted by molar-refractivity contribution is 0.612. The first kappa shape index (κ1) is 19.9. The first-order valence-electron chi connectivity index (χ1n) is 9.25. The zero-order valence-electron chi connectivity index (χ0n) is 16.1. The molecule has 0 fully saturated rings. The van der Waals surface area contributed by atoms with Gasteiger partial charge in [0.25, 0.3) is 0 Å². The van der Waals surface area contributed by atoms with Crippen molar-refractivity contribution in [3.05, 3.63) is 105 Å². The maximum Gasteiger partial charge on any atom is 0.182 e. The second-order valence-electron chi connectivity index (χ2n) is 6.62. The van der Waals surface area contributed by atoms with Crippen LogP contribution in [0, 0.1) is 0 Å². The van der Waals surface area contributed by atoms with E-state index in [9.17, 15) is 9.59 Å². The van der Waals surface area contributed by atoms with Gasteiger partial charge < -0.3 is 14.3 Å². The Morgan fingerprint density at radius 3 is 1.42 bits per heavy atom. The molecule has 7 heteroatoms. The molecule has 2 aromatic rings. The molecule has 4 aliphatic rings. The van der Waals surface area contributed by atoms with Crippen molar-refractivity contribution in [3.63, 3.8) is 0 Å². The molecule has 2 aromatic carbocycles. The molecule has 6 rings (SSSR count). The molecule has 2 heterocycles. The third-order valence-corrected chi connectivity index (χ3v) is 4.51. The van der Waals surface area contributed by atoms with Crippen LogP contribution in [0.4, 0.5) is 0 Å². The molecule has 0 saturated carbocycles. The van der Waals surface area contributed by atoms with Gasteiger partial charge in [-0.1, -0.05) is 24.3 Å². The first-order valence-corrected chi connectivity index (χ1v) is 9.25. The van der Waals surface area contributed by atoms with E-state index in [1.807, 2.05) is 48.5 Å². The van der Waals surface area contributed by atoms with E-state index in [0.29, 0.717) is 34.1 Å². The Kier molecular flexibility index (Phi) is 5.26. The van der Waals surface area contributed by atoms with Gasteiger partial charge in [-0.3, -0.25) is 9.59 Å². The molecule has 7 nitrogen and oxygen atoms in total. The normalized spacial score (nSPS) is 10.6. The molecule has 2 aliphatic heterocycles. The average Bonchev–Trinajstić information content (AvgIpc) is 2.76. The van der Waals surface area contributed by atoms with Crippen molar-refractivity contribution in [3.8, 4) is 22.9 Å². The second-order valence-corrected chi connectivity index (χ2v) is 6.62. The minimum Gasteiger partial charge on any atom is -0.453 e. The summed E-state index contributed by atoms with van der Waals surface area (Å²) >= 11 is 0. The van der Waals surface area contributed by atoms with Crippen LogP contribution in [0.15, 0.2) is 103 Å². The fourth-order valence-electron chi connectivity index (χ4n) is 3.11. The van der Waals surface area contributed by atoms with E-state index in [-0.39, 0.29) is 16.3 Å². The molecule has 0 bridgehead atoms. The fourth-order valence-corrected chi connectivity index (χ4v) is 3.11. The van der Waals surface area contributed by atoms with Crippen LogP contribution in [0.25, 0.3) is 45.1 Å². The summed E-state index contributed by atoms with van der Waals surface area (Å²) in [5.41, 5.74) is 4.24. The van der Waals surface area contributed by atoms with E-state index in [1.54, 1.807) is 12.1 Å². The molecule has 2 N–H and O–H groups in total. The molecule has 2 aliphatic carbocycles. The summed E-state index contributed by atoms with van der Waals surface area (Å²) in [6.07, 6.45) is 0. The first-order chi connectivity index (χ1) is 14.7. The molecule has 0 saturated heterocycles. The molecule has 0 radical (unpaired) electrons. The molecule has 0 atom stereocenters. The van der Waals surface area contributed by atoms with Crippen molar-refractivity contribution in [2.75, 3.05) is 0 Å². The van der Waals surface area contributed by atoms with Gasteiger partial charge in [0.05, 0.1) is 0 Å². The number of nitrogens with zero attached hydrogens (tertiary/aromatic N) is 2. The van der Waals surface area contributed by atoms with Crippen molar-refractivity contribution < 1.29 is 14.3 Å². The highest BCUT2D eigenvalue weighted by molar-refractivity contribution is 5.76. The Labute approximate surface area is 175 Å². The smallest absolute Gasteiger partial charge is 0.182 e. The van der Waals surface area contributed by atoms with Crippen molar-refractivity contribution in [1.29, 1.82) is 0 Å². The SMILES string of the molecule is O.O=c1ccc2nc3ccccc3oc-2c1.O=c1ccc2nc3ccccc3oc-2c1. The van der Waals surface area contributed by atoms with Crippen LogP contribution in [0.3, 0.4) is 0 Å². The Morgan fingerprint density at radius 2 is 0.968 bits per heavy atom. The highest BCUT2D eigenvalue weighted by Crippen LogP contribution is 2.23. The zero-order valence-corrected chi connectivity index (χ0v) is 16.1. The van der Waals surface area contributed by atoms with Gasteiger partial charge in [0.2, 0.25) is 0 Å². The van der Waals surface area contributed by atoms with Crippen LogP contribution in [-0.4, -0.2) is 15.4 Å². The van der Waals surface area contributed by atoms with Crippen LogP contribution < -0.4 is 10.9 Å². The summed E-state index contributed by atoms with van der Waals surface area (Å²) in [6, 6.07) is 24.2. The van der Waals surface area contributed by atoms with Crippen molar-refractivity contribution in [1.82, 2.24) is 9.97 Å². The number of fused-ring (bicyclic) bond motifs is 4. The lowest BCUT2D eigenvalue weighted by atomic mass is 10.2. The van der Waals surface area contributed by atoms with E-state index >= 15 is 0 Å². The number of rotatable bonds is 0. The van der Waals surface area contributed by atoms with Gasteiger partial charge in [0.1, 0.15) is 22.4 Å². The van der Waals surface area contributed by atoms with Crippen LogP contribution in [-0.2, 0) is 0 Å². The van der Waals surface area contributed by atoms with E-state index in [2.05, 4.69) is 9.97 Å². The van der Waals surface area contributed by atoms with Gasteiger partial charge in [-0.25, -0.2) is 9.97 Å². The van der Waals surface area contributed by atoms with Gasteiger partial charge in [-0.15, -0.1) is 0 Å². The number of para-hydroxylation sites is 4. The molecule has 152 valence electrons. The number of hydrogen-bond acceptors (Lipinski definition) is 6. The topological polar surface area (TPSA) is 118 Å². The molecule has 0 spiro atoms. The number of benzene rings is 4. The minimum absolute atomic E-state index is 0. The summed E-state index contributed by atoms with van der Waals surface area (Å²) in [4.78, 5) is 31.0. The maximum absolute atomic E-state index is 11.1. The maximum atomic E-state index is 11.1. The third kappa shape index (κ3) is 4.03.